The van der Waals surface area contributed by atoms with Crippen LogP contribution < -0.4 is 5.56 Å². The van der Waals surface area contributed by atoms with Gasteiger partial charge in [0.2, 0.25) is 0 Å². The second kappa shape index (κ2) is 5.14. The molecule has 0 atom stereocenters. The fourth-order valence-corrected chi connectivity index (χ4v) is 2.17. The van der Waals surface area contributed by atoms with Crippen LogP contribution in [0, 0.1) is 10.1 Å². The highest BCUT2D eigenvalue weighted by molar-refractivity contribution is 5.63. The van der Waals surface area contributed by atoms with Crippen LogP contribution in [0.2, 0.25) is 0 Å². The van der Waals surface area contributed by atoms with E-state index in [-0.39, 0.29) is 16.8 Å². The Morgan fingerprint density at radius 3 is 2.48 bits per heavy atom. The molecule has 6 nitrogen and oxygen atoms in total. The molecule has 0 spiro atoms. The number of benzene rings is 1. The number of rotatable bonds is 3. The number of nitrogens with zero attached hydrogens (tertiary/aromatic N) is 2. The zero-order chi connectivity index (χ0) is 15.8. The van der Waals surface area contributed by atoms with Gasteiger partial charge in [0.05, 0.1) is 16.2 Å². The summed E-state index contributed by atoms with van der Waals surface area (Å²) in [6.45, 7) is 3.08. The summed E-state index contributed by atoms with van der Waals surface area (Å²) < 4.78 is 1.38. The number of aliphatic hydroxyl groups is 1. The summed E-state index contributed by atoms with van der Waals surface area (Å²) in [6.07, 6.45) is 0. The van der Waals surface area contributed by atoms with Gasteiger partial charge in [0.15, 0.2) is 0 Å². The van der Waals surface area contributed by atoms with E-state index < -0.39 is 10.5 Å². The van der Waals surface area contributed by atoms with Gasteiger partial charge in [-0.3, -0.25) is 14.9 Å². The summed E-state index contributed by atoms with van der Waals surface area (Å²) in [7, 11) is 1.58. The van der Waals surface area contributed by atoms with Gasteiger partial charge < -0.3 is 9.67 Å². The summed E-state index contributed by atoms with van der Waals surface area (Å²) in [5, 5.41) is 20.8. The molecule has 110 valence electrons. The molecule has 6 heteroatoms. The van der Waals surface area contributed by atoms with Crippen LogP contribution in [0.4, 0.5) is 5.69 Å². The van der Waals surface area contributed by atoms with E-state index in [0.29, 0.717) is 11.3 Å². The number of non-ortho nitro benzene ring substituents is 1. The van der Waals surface area contributed by atoms with Crippen LogP contribution in [-0.2, 0) is 12.6 Å². The molecular weight excluding hydrogens is 272 g/mol. The number of aromatic nitrogens is 1. The average Bonchev–Trinajstić information content (AvgIpc) is 2.40. The zero-order valence-electron chi connectivity index (χ0n) is 12.0. The molecule has 0 saturated heterocycles. The van der Waals surface area contributed by atoms with Gasteiger partial charge in [0.25, 0.3) is 11.2 Å². The van der Waals surface area contributed by atoms with Crippen molar-refractivity contribution in [2.24, 2.45) is 7.05 Å². The summed E-state index contributed by atoms with van der Waals surface area (Å²) in [5.41, 5.74) is -0.198. The van der Waals surface area contributed by atoms with Gasteiger partial charge >= 0.3 is 0 Å². The van der Waals surface area contributed by atoms with Gasteiger partial charge in [0.1, 0.15) is 0 Å². The molecule has 1 aromatic carbocycles. The van der Waals surface area contributed by atoms with Crippen LogP contribution in [0.5, 0.6) is 0 Å². The predicted molar refractivity (Wildman–Crippen MR) is 79.0 cm³/mol. The van der Waals surface area contributed by atoms with E-state index in [2.05, 4.69) is 0 Å². The van der Waals surface area contributed by atoms with E-state index in [1.807, 2.05) is 0 Å². The highest BCUT2D eigenvalue weighted by Gasteiger charge is 2.21. The van der Waals surface area contributed by atoms with Gasteiger partial charge in [-0.1, -0.05) is 12.1 Å². The van der Waals surface area contributed by atoms with Gasteiger partial charge in [-0.2, -0.15) is 0 Å². The van der Waals surface area contributed by atoms with Crippen LogP contribution >= 0.6 is 0 Å². The van der Waals surface area contributed by atoms with Crippen molar-refractivity contribution in [3.05, 3.63) is 62.4 Å². The van der Waals surface area contributed by atoms with Crippen LogP contribution in [0.3, 0.4) is 0 Å². The first-order valence-electron chi connectivity index (χ1n) is 6.39. The first-order valence-corrected chi connectivity index (χ1v) is 6.39. The first-order chi connectivity index (χ1) is 9.71. The molecular formula is C15H16N2O4. The molecule has 1 N–H and O–H groups in total. The molecule has 0 aliphatic rings. The maximum atomic E-state index is 12.3. The van der Waals surface area contributed by atoms with Crippen molar-refractivity contribution < 1.29 is 10.0 Å². The van der Waals surface area contributed by atoms with E-state index in [4.69, 9.17) is 0 Å². The topological polar surface area (TPSA) is 85.4 Å². The minimum Gasteiger partial charge on any atom is -0.386 e. The third kappa shape index (κ3) is 2.85. The molecule has 0 unspecified atom stereocenters. The number of hydrogen-bond donors (Lipinski definition) is 1. The summed E-state index contributed by atoms with van der Waals surface area (Å²) >= 11 is 0. The average molecular weight is 288 g/mol. The minimum atomic E-state index is -1.24. The largest absolute Gasteiger partial charge is 0.386 e. The van der Waals surface area contributed by atoms with Crippen LogP contribution in [0.25, 0.3) is 11.3 Å². The molecule has 21 heavy (non-hydrogen) atoms. The first kappa shape index (κ1) is 14.9. The predicted octanol–water partition coefficient (Wildman–Crippen LogP) is 2.19. The molecule has 0 bridgehead atoms. The lowest BCUT2D eigenvalue weighted by molar-refractivity contribution is -0.384. The lowest BCUT2D eigenvalue weighted by atomic mass is 9.98. The van der Waals surface area contributed by atoms with Crippen molar-refractivity contribution in [3.8, 4) is 11.3 Å². The molecule has 0 fully saturated rings. The summed E-state index contributed by atoms with van der Waals surface area (Å²) in [4.78, 5) is 22.6. The summed E-state index contributed by atoms with van der Waals surface area (Å²) in [5.74, 6) is 0. The molecule has 2 aromatic rings. The molecule has 2 rings (SSSR count). The number of nitro benzene ring substituents is 1. The highest BCUT2D eigenvalue weighted by atomic mass is 16.6. The normalized spacial score (nSPS) is 11.4. The Morgan fingerprint density at radius 2 is 1.90 bits per heavy atom. The van der Waals surface area contributed by atoms with Gasteiger partial charge in [0, 0.05) is 30.3 Å². The fraction of sp³-hybridized carbons (Fsp3) is 0.267. The van der Waals surface area contributed by atoms with E-state index in [0.717, 1.165) is 0 Å². The minimum absolute atomic E-state index is 0.0356. The smallest absolute Gasteiger partial charge is 0.270 e. The maximum Gasteiger partial charge on any atom is 0.270 e. The van der Waals surface area contributed by atoms with Crippen molar-refractivity contribution in [1.29, 1.82) is 0 Å². The SMILES string of the molecule is Cn1c(-c2cccc([N+](=O)[O-])c2)ccc(C(C)(C)O)c1=O. The Morgan fingerprint density at radius 1 is 1.24 bits per heavy atom. The second-order valence-corrected chi connectivity index (χ2v) is 5.36. The van der Waals surface area contributed by atoms with E-state index in [1.165, 1.54) is 30.5 Å². The molecule has 0 radical (unpaired) electrons. The van der Waals surface area contributed by atoms with E-state index >= 15 is 0 Å². The van der Waals surface area contributed by atoms with E-state index in [1.54, 1.807) is 31.3 Å². The van der Waals surface area contributed by atoms with Crippen molar-refractivity contribution >= 4 is 5.69 Å². The Kier molecular flexibility index (Phi) is 3.65. The quantitative estimate of drug-likeness (QED) is 0.693. The van der Waals surface area contributed by atoms with Crippen LogP contribution in [0.15, 0.2) is 41.2 Å². The maximum absolute atomic E-state index is 12.3. The Hall–Kier alpha value is -2.47. The van der Waals surface area contributed by atoms with Crippen molar-refractivity contribution in [2.45, 2.75) is 19.4 Å². The molecule has 0 aliphatic heterocycles. The lowest BCUT2D eigenvalue weighted by Gasteiger charge is -2.19. The van der Waals surface area contributed by atoms with Gasteiger partial charge in [-0.05, 0) is 26.0 Å². The zero-order valence-corrected chi connectivity index (χ0v) is 12.0. The Bertz CT molecular complexity index is 757. The number of nitro groups is 1. The second-order valence-electron chi connectivity index (χ2n) is 5.36. The summed E-state index contributed by atoms with van der Waals surface area (Å²) in [6, 6.07) is 9.31. The Labute approximate surface area is 121 Å². The van der Waals surface area contributed by atoms with E-state index in [9.17, 15) is 20.0 Å². The monoisotopic (exact) mass is 288 g/mol. The standard InChI is InChI=1S/C15H16N2O4/c1-15(2,19)12-7-8-13(16(3)14(12)18)10-5-4-6-11(9-10)17(20)21/h4-9,19H,1-3H3. The molecule has 0 amide bonds. The van der Waals surface area contributed by atoms with Crippen molar-refractivity contribution in [2.75, 3.05) is 0 Å². The third-order valence-corrected chi connectivity index (χ3v) is 3.32. The van der Waals surface area contributed by atoms with Crippen LogP contribution in [-0.4, -0.2) is 14.6 Å². The fourth-order valence-electron chi connectivity index (χ4n) is 2.17. The molecule has 0 saturated carbocycles. The Balaban J connectivity index is 2.62. The van der Waals surface area contributed by atoms with Gasteiger partial charge in [-0.25, -0.2) is 0 Å². The van der Waals surface area contributed by atoms with Crippen LogP contribution in [0.1, 0.15) is 19.4 Å². The lowest BCUT2D eigenvalue weighted by Crippen LogP contribution is -2.31. The number of hydrogen-bond acceptors (Lipinski definition) is 4. The molecule has 0 aliphatic carbocycles. The third-order valence-electron chi connectivity index (χ3n) is 3.32. The highest BCUT2D eigenvalue weighted by Crippen LogP contribution is 2.24. The molecule has 1 heterocycles. The van der Waals surface area contributed by atoms with Crippen molar-refractivity contribution in [3.63, 3.8) is 0 Å². The number of pyridine rings is 1. The molecule has 1 aromatic heterocycles. The van der Waals surface area contributed by atoms with Crippen molar-refractivity contribution in [1.82, 2.24) is 4.57 Å². The van der Waals surface area contributed by atoms with Gasteiger partial charge in [-0.15, -0.1) is 0 Å².